The first-order valence-corrected chi connectivity index (χ1v) is 8.45. The third-order valence-electron chi connectivity index (χ3n) is 4.36. The predicted octanol–water partition coefficient (Wildman–Crippen LogP) is 3.66. The molecule has 1 fully saturated rings. The number of pyridine rings is 1. The minimum absolute atomic E-state index is 0.195. The maximum Gasteiger partial charge on any atom is 0.255 e. The van der Waals surface area contributed by atoms with Crippen LogP contribution in [0.15, 0.2) is 16.9 Å². The number of hydrogen-bond acceptors (Lipinski definition) is 2. The fourth-order valence-electron chi connectivity index (χ4n) is 3.21. The summed E-state index contributed by atoms with van der Waals surface area (Å²) in [5.74, 6) is 0.867. The molecule has 0 bridgehead atoms. The van der Waals surface area contributed by atoms with Gasteiger partial charge in [0.2, 0.25) is 0 Å². The topological polar surface area (TPSA) is 34.0 Å². The van der Waals surface area contributed by atoms with Crippen LogP contribution >= 0.6 is 0 Å². The Bertz CT molecular complexity index is 510. The average Bonchev–Trinajstić information content (AvgIpc) is 2.92. The Labute approximate surface area is 128 Å². The van der Waals surface area contributed by atoms with Gasteiger partial charge >= 0.3 is 0 Å². The van der Waals surface area contributed by atoms with Crippen molar-refractivity contribution in [2.24, 2.45) is 5.92 Å². The van der Waals surface area contributed by atoms with E-state index in [0.29, 0.717) is 24.4 Å². The highest BCUT2D eigenvalue weighted by Crippen LogP contribution is 2.18. The fourth-order valence-corrected chi connectivity index (χ4v) is 3.21. The molecule has 1 aliphatic rings. The molecule has 3 heteroatoms. The van der Waals surface area contributed by atoms with E-state index in [2.05, 4.69) is 39.1 Å². The van der Waals surface area contributed by atoms with Crippen molar-refractivity contribution in [2.45, 2.75) is 78.4 Å². The van der Waals surface area contributed by atoms with Gasteiger partial charge in [-0.25, -0.2) is 0 Å². The first-order chi connectivity index (χ1) is 9.99. The van der Waals surface area contributed by atoms with Crippen molar-refractivity contribution in [1.29, 1.82) is 0 Å². The molecule has 1 heterocycles. The van der Waals surface area contributed by atoms with Crippen LogP contribution in [-0.2, 0) is 13.1 Å². The molecule has 118 valence electrons. The van der Waals surface area contributed by atoms with Crippen LogP contribution in [-0.4, -0.2) is 10.6 Å². The molecule has 0 unspecified atom stereocenters. The number of aromatic nitrogens is 1. The van der Waals surface area contributed by atoms with Crippen molar-refractivity contribution in [3.8, 4) is 0 Å². The van der Waals surface area contributed by atoms with Gasteiger partial charge in [-0.05, 0) is 30.7 Å². The van der Waals surface area contributed by atoms with E-state index in [-0.39, 0.29) is 5.56 Å². The molecule has 1 aliphatic carbocycles. The molecule has 0 saturated heterocycles. The van der Waals surface area contributed by atoms with Crippen LogP contribution in [0.5, 0.6) is 0 Å². The summed E-state index contributed by atoms with van der Waals surface area (Å²) in [6.07, 6.45) is 5.15. The van der Waals surface area contributed by atoms with Crippen molar-refractivity contribution >= 4 is 0 Å². The van der Waals surface area contributed by atoms with E-state index in [0.717, 1.165) is 17.8 Å². The minimum Gasteiger partial charge on any atom is -0.312 e. The lowest BCUT2D eigenvalue weighted by Crippen LogP contribution is -2.33. The first-order valence-electron chi connectivity index (χ1n) is 8.45. The molecule has 1 N–H and O–H groups in total. The SMILES string of the molecule is CC(C)Cn1c(C(C)C)ccc(CNC2CCCC2)c1=O. The highest BCUT2D eigenvalue weighted by atomic mass is 16.1. The maximum absolute atomic E-state index is 12.8. The van der Waals surface area contributed by atoms with E-state index in [1.54, 1.807) is 0 Å². The van der Waals surface area contributed by atoms with Gasteiger partial charge in [0, 0.05) is 30.4 Å². The molecule has 2 rings (SSSR count). The van der Waals surface area contributed by atoms with E-state index in [4.69, 9.17) is 0 Å². The third kappa shape index (κ3) is 4.19. The molecule has 0 atom stereocenters. The summed E-state index contributed by atoms with van der Waals surface area (Å²) in [5.41, 5.74) is 2.26. The van der Waals surface area contributed by atoms with Crippen LogP contribution in [0.3, 0.4) is 0 Å². The van der Waals surface area contributed by atoms with Crippen LogP contribution in [0.2, 0.25) is 0 Å². The second kappa shape index (κ2) is 7.26. The highest BCUT2D eigenvalue weighted by Gasteiger charge is 2.16. The predicted molar refractivity (Wildman–Crippen MR) is 88.7 cm³/mol. The zero-order valence-electron chi connectivity index (χ0n) is 14.0. The van der Waals surface area contributed by atoms with Gasteiger partial charge < -0.3 is 9.88 Å². The van der Waals surface area contributed by atoms with Crippen molar-refractivity contribution in [1.82, 2.24) is 9.88 Å². The Balaban J connectivity index is 2.19. The second-order valence-electron chi connectivity index (χ2n) is 7.11. The lowest BCUT2D eigenvalue weighted by atomic mass is 10.1. The maximum atomic E-state index is 12.8. The Morgan fingerprint density at radius 1 is 1.19 bits per heavy atom. The summed E-state index contributed by atoms with van der Waals surface area (Å²) in [7, 11) is 0. The van der Waals surface area contributed by atoms with E-state index >= 15 is 0 Å². The van der Waals surface area contributed by atoms with E-state index < -0.39 is 0 Å². The smallest absolute Gasteiger partial charge is 0.255 e. The van der Waals surface area contributed by atoms with Gasteiger partial charge in [-0.1, -0.05) is 46.6 Å². The zero-order valence-corrected chi connectivity index (χ0v) is 14.0. The van der Waals surface area contributed by atoms with Gasteiger partial charge in [-0.15, -0.1) is 0 Å². The van der Waals surface area contributed by atoms with Crippen LogP contribution in [0, 0.1) is 5.92 Å². The molecule has 0 aliphatic heterocycles. The fraction of sp³-hybridized carbons (Fsp3) is 0.722. The first kappa shape index (κ1) is 16.3. The number of rotatable bonds is 6. The second-order valence-corrected chi connectivity index (χ2v) is 7.11. The normalized spacial score (nSPS) is 16.3. The molecule has 1 saturated carbocycles. The summed E-state index contributed by atoms with van der Waals surface area (Å²) >= 11 is 0. The Kier molecular flexibility index (Phi) is 5.63. The number of nitrogens with zero attached hydrogens (tertiary/aromatic N) is 1. The lowest BCUT2D eigenvalue weighted by Gasteiger charge is -2.19. The summed E-state index contributed by atoms with van der Waals surface area (Å²) < 4.78 is 1.99. The Morgan fingerprint density at radius 2 is 1.86 bits per heavy atom. The van der Waals surface area contributed by atoms with Crippen LogP contribution in [0.4, 0.5) is 0 Å². The molecular formula is C18H30N2O. The molecule has 0 radical (unpaired) electrons. The minimum atomic E-state index is 0.195. The molecule has 21 heavy (non-hydrogen) atoms. The highest BCUT2D eigenvalue weighted by molar-refractivity contribution is 5.18. The van der Waals surface area contributed by atoms with E-state index in [1.165, 1.54) is 25.7 Å². The van der Waals surface area contributed by atoms with Gasteiger partial charge in [-0.2, -0.15) is 0 Å². The third-order valence-corrected chi connectivity index (χ3v) is 4.36. The number of nitrogens with one attached hydrogen (secondary N) is 1. The summed E-state index contributed by atoms with van der Waals surface area (Å²) in [6.45, 7) is 10.2. The van der Waals surface area contributed by atoms with Crippen molar-refractivity contribution in [3.05, 3.63) is 33.7 Å². The van der Waals surface area contributed by atoms with E-state index in [9.17, 15) is 4.79 Å². The molecule has 1 aromatic rings. The van der Waals surface area contributed by atoms with Crippen molar-refractivity contribution in [2.75, 3.05) is 0 Å². The van der Waals surface area contributed by atoms with Crippen molar-refractivity contribution < 1.29 is 0 Å². The molecular weight excluding hydrogens is 260 g/mol. The van der Waals surface area contributed by atoms with Crippen LogP contribution in [0.1, 0.15) is 70.6 Å². The quantitative estimate of drug-likeness (QED) is 0.867. The number of hydrogen-bond donors (Lipinski definition) is 1. The molecule has 0 spiro atoms. The van der Waals surface area contributed by atoms with Crippen LogP contribution < -0.4 is 10.9 Å². The summed E-state index contributed by atoms with van der Waals surface area (Å²) in [5, 5.41) is 3.55. The largest absolute Gasteiger partial charge is 0.312 e. The van der Waals surface area contributed by atoms with Crippen LogP contribution in [0.25, 0.3) is 0 Å². The molecule has 3 nitrogen and oxygen atoms in total. The molecule has 0 amide bonds. The summed E-state index contributed by atoms with van der Waals surface area (Å²) in [6, 6.07) is 4.77. The molecule has 0 aromatic carbocycles. The standard InChI is InChI=1S/C18H30N2O/c1-13(2)12-20-17(14(3)4)10-9-15(18(20)21)11-19-16-7-5-6-8-16/h9-10,13-14,16,19H,5-8,11-12H2,1-4H3. The van der Waals surface area contributed by atoms with Gasteiger partial charge in [0.05, 0.1) is 0 Å². The van der Waals surface area contributed by atoms with Gasteiger partial charge in [-0.3, -0.25) is 4.79 Å². The Hall–Kier alpha value is -1.09. The monoisotopic (exact) mass is 290 g/mol. The van der Waals surface area contributed by atoms with Gasteiger partial charge in [0.25, 0.3) is 5.56 Å². The van der Waals surface area contributed by atoms with Gasteiger partial charge in [0.1, 0.15) is 0 Å². The van der Waals surface area contributed by atoms with Gasteiger partial charge in [0.15, 0.2) is 0 Å². The zero-order chi connectivity index (χ0) is 15.4. The van der Waals surface area contributed by atoms with E-state index in [1.807, 2.05) is 10.6 Å². The van der Waals surface area contributed by atoms with Crippen molar-refractivity contribution in [3.63, 3.8) is 0 Å². The summed E-state index contributed by atoms with van der Waals surface area (Å²) in [4.78, 5) is 12.8. The average molecular weight is 290 g/mol. The lowest BCUT2D eigenvalue weighted by molar-refractivity contribution is 0.477. The molecule has 1 aromatic heterocycles. The Morgan fingerprint density at radius 3 is 2.43 bits per heavy atom.